The van der Waals surface area contributed by atoms with Gasteiger partial charge in [0, 0.05) is 47.7 Å². The summed E-state index contributed by atoms with van der Waals surface area (Å²) in [6.45, 7) is 0.757. The van der Waals surface area contributed by atoms with Crippen molar-refractivity contribution in [2.45, 2.75) is 24.9 Å². The number of nitrogens with zero attached hydrogens (tertiary/aromatic N) is 2. The minimum absolute atomic E-state index is 0.107. The van der Waals surface area contributed by atoms with E-state index in [0.717, 1.165) is 46.5 Å². The van der Waals surface area contributed by atoms with Crippen molar-refractivity contribution in [1.82, 2.24) is 0 Å². The highest BCUT2D eigenvalue weighted by atomic mass is 19.2. The molecule has 12 heteroatoms. The van der Waals surface area contributed by atoms with Crippen molar-refractivity contribution in [1.29, 1.82) is 0 Å². The molecule has 6 aromatic rings. The van der Waals surface area contributed by atoms with Crippen LogP contribution in [0, 0.1) is 46.5 Å². The molecule has 4 nitrogen and oxygen atoms in total. The highest BCUT2D eigenvalue weighted by Gasteiger charge is 2.34. The van der Waals surface area contributed by atoms with Gasteiger partial charge in [-0.1, -0.05) is 36.4 Å². The van der Waals surface area contributed by atoms with E-state index in [1.807, 2.05) is 12.1 Å². The van der Waals surface area contributed by atoms with E-state index in [9.17, 15) is 35.1 Å². The maximum absolute atomic E-state index is 14.7. The molecular weight excluding hydrogens is 740 g/mol. The number of fused-ring (bicyclic) bond motifs is 2. The Morgan fingerprint density at radius 1 is 0.446 bits per heavy atom. The van der Waals surface area contributed by atoms with Crippen LogP contribution in [0.15, 0.2) is 109 Å². The first-order chi connectivity index (χ1) is 26.9. The van der Waals surface area contributed by atoms with E-state index in [4.69, 9.17) is 9.47 Å². The number of rotatable bonds is 6. The van der Waals surface area contributed by atoms with Crippen LogP contribution in [-0.2, 0) is 12.8 Å². The summed E-state index contributed by atoms with van der Waals surface area (Å²) in [5.74, 6) is -5.49. The zero-order valence-electron chi connectivity index (χ0n) is 30.1. The van der Waals surface area contributed by atoms with Gasteiger partial charge in [0.15, 0.2) is 23.3 Å². The quantitative estimate of drug-likeness (QED) is 0.157. The topological polar surface area (TPSA) is 24.9 Å². The van der Waals surface area contributed by atoms with Gasteiger partial charge in [0.1, 0.15) is 34.8 Å². The third kappa shape index (κ3) is 7.60. The number of hydrogen-bond acceptors (Lipinski definition) is 4. The van der Waals surface area contributed by atoms with Crippen LogP contribution < -0.4 is 19.3 Å². The van der Waals surface area contributed by atoms with E-state index in [-0.39, 0.29) is 22.5 Å². The molecular formula is C44H34F8N2O2. The Balaban J connectivity index is 0.000000172. The van der Waals surface area contributed by atoms with Crippen molar-refractivity contribution in [2.24, 2.45) is 0 Å². The van der Waals surface area contributed by atoms with Crippen LogP contribution in [0.3, 0.4) is 0 Å². The fraction of sp³-hybridized carbons (Fsp3) is 0.182. The van der Waals surface area contributed by atoms with E-state index >= 15 is 0 Å². The lowest BCUT2D eigenvalue weighted by Gasteiger charge is -2.39. The van der Waals surface area contributed by atoms with Crippen molar-refractivity contribution in [2.75, 3.05) is 37.1 Å². The Morgan fingerprint density at radius 2 is 0.821 bits per heavy atom. The average molecular weight is 775 g/mol. The monoisotopic (exact) mass is 774 g/mol. The van der Waals surface area contributed by atoms with Crippen LogP contribution in [-0.4, -0.2) is 27.3 Å². The number of methoxy groups -OCH3 is 2. The summed E-state index contributed by atoms with van der Waals surface area (Å²) in [4.78, 5) is 3.39. The van der Waals surface area contributed by atoms with Gasteiger partial charge in [-0.05, 0) is 95.8 Å². The molecule has 56 heavy (non-hydrogen) atoms. The van der Waals surface area contributed by atoms with E-state index < -0.39 is 58.6 Å². The van der Waals surface area contributed by atoms with E-state index in [1.165, 1.54) is 48.5 Å². The Kier molecular flexibility index (Phi) is 10.9. The summed E-state index contributed by atoms with van der Waals surface area (Å²) < 4.78 is 123. The lowest BCUT2D eigenvalue weighted by Crippen LogP contribution is -2.37. The fourth-order valence-electron chi connectivity index (χ4n) is 7.56. The van der Waals surface area contributed by atoms with Gasteiger partial charge in [0.05, 0.1) is 26.3 Å². The van der Waals surface area contributed by atoms with Gasteiger partial charge in [0.2, 0.25) is 0 Å². The van der Waals surface area contributed by atoms with Gasteiger partial charge in [-0.15, -0.1) is 0 Å². The second kappa shape index (κ2) is 16.0. The molecule has 0 amide bonds. The molecule has 0 aliphatic carbocycles. The zero-order valence-corrected chi connectivity index (χ0v) is 30.1. The Labute approximate surface area is 318 Å². The molecule has 2 aliphatic heterocycles. The lowest BCUT2D eigenvalue weighted by molar-refractivity contribution is 0.413. The molecule has 2 atom stereocenters. The maximum atomic E-state index is 14.7. The van der Waals surface area contributed by atoms with Gasteiger partial charge in [0.25, 0.3) is 0 Å². The molecule has 288 valence electrons. The van der Waals surface area contributed by atoms with Crippen LogP contribution in [0.25, 0.3) is 0 Å². The van der Waals surface area contributed by atoms with Crippen LogP contribution in [0.4, 0.5) is 46.5 Å². The van der Waals surface area contributed by atoms with Gasteiger partial charge >= 0.3 is 0 Å². The summed E-state index contributed by atoms with van der Waals surface area (Å²) in [5.41, 5.74) is 4.07. The number of anilines is 2. The molecule has 2 heterocycles. The molecule has 6 aromatic carbocycles. The summed E-state index contributed by atoms with van der Waals surface area (Å²) in [7, 11) is 3.10. The minimum Gasteiger partial charge on any atom is -0.497 e. The molecule has 0 bridgehead atoms. The number of benzene rings is 6. The van der Waals surface area contributed by atoms with Crippen LogP contribution in [0.2, 0.25) is 0 Å². The molecule has 0 spiro atoms. The molecule has 0 unspecified atom stereocenters. The highest BCUT2D eigenvalue weighted by molar-refractivity contribution is 5.59. The first kappa shape index (κ1) is 38.2. The van der Waals surface area contributed by atoms with Crippen LogP contribution >= 0.6 is 0 Å². The Hall–Kier alpha value is -6.04. The standard InChI is InChI=1S/2C22H17F4NO/c2*1-28-17-5-6-18-13(9-17)7-8-27(16-11-14(23)10-15(24)12-16)22(18)19-3-2-4-20(25)21(19)26/h2*2-6,9-12,22H,7-8H2,1H3/t2*22-/m00/s1. The predicted octanol–water partition coefficient (Wildman–Crippen LogP) is 10.8. The molecule has 2 aliphatic rings. The first-order valence-electron chi connectivity index (χ1n) is 17.6. The van der Waals surface area contributed by atoms with Crippen molar-refractivity contribution in [3.8, 4) is 11.5 Å². The second-order valence-electron chi connectivity index (χ2n) is 13.4. The zero-order chi connectivity index (χ0) is 39.7. The second-order valence-corrected chi connectivity index (χ2v) is 13.4. The number of hydrogen-bond donors (Lipinski definition) is 0. The Morgan fingerprint density at radius 3 is 1.18 bits per heavy atom. The van der Waals surface area contributed by atoms with Crippen molar-refractivity contribution < 1.29 is 44.6 Å². The fourth-order valence-corrected chi connectivity index (χ4v) is 7.56. The van der Waals surface area contributed by atoms with Crippen LogP contribution in [0.1, 0.15) is 45.5 Å². The average Bonchev–Trinajstić information content (AvgIpc) is 3.18. The van der Waals surface area contributed by atoms with E-state index in [1.54, 1.807) is 48.3 Å². The molecule has 0 aromatic heterocycles. The largest absolute Gasteiger partial charge is 0.497 e. The highest BCUT2D eigenvalue weighted by Crippen LogP contribution is 2.43. The number of halogens is 8. The predicted molar refractivity (Wildman–Crippen MR) is 197 cm³/mol. The summed E-state index contributed by atoms with van der Waals surface area (Å²) >= 11 is 0. The third-order valence-corrected chi connectivity index (χ3v) is 10.1. The molecule has 0 N–H and O–H groups in total. The van der Waals surface area contributed by atoms with E-state index in [0.29, 0.717) is 37.4 Å². The van der Waals surface area contributed by atoms with Gasteiger partial charge < -0.3 is 19.3 Å². The lowest BCUT2D eigenvalue weighted by atomic mass is 9.87. The van der Waals surface area contributed by atoms with Gasteiger partial charge in [-0.2, -0.15) is 0 Å². The van der Waals surface area contributed by atoms with Crippen molar-refractivity contribution in [3.05, 3.63) is 189 Å². The third-order valence-electron chi connectivity index (χ3n) is 10.1. The SMILES string of the molecule is COc1ccc2c(c1)CCN(c1cc(F)cc(F)c1)[C@@H]2c1cccc(F)c1F.COc1ccc2c(c1)CCN(c1cc(F)cc(F)c1)[C@@H]2c1cccc(F)c1F. The summed E-state index contributed by atoms with van der Waals surface area (Å²) in [5, 5.41) is 0. The molecule has 0 saturated heterocycles. The molecule has 0 radical (unpaired) electrons. The van der Waals surface area contributed by atoms with Crippen molar-refractivity contribution in [3.63, 3.8) is 0 Å². The summed E-state index contributed by atoms with van der Waals surface area (Å²) in [6.07, 6.45) is 1.14. The molecule has 0 saturated carbocycles. The van der Waals surface area contributed by atoms with Crippen LogP contribution in [0.5, 0.6) is 11.5 Å². The molecule has 0 fully saturated rings. The molecule has 8 rings (SSSR count). The smallest absolute Gasteiger partial charge is 0.164 e. The van der Waals surface area contributed by atoms with E-state index in [2.05, 4.69) is 0 Å². The maximum Gasteiger partial charge on any atom is 0.164 e. The van der Waals surface area contributed by atoms with Gasteiger partial charge in [-0.3, -0.25) is 0 Å². The normalized spacial score (nSPS) is 16.0. The first-order valence-corrected chi connectivity index (χ1v) is 17.6. The number of ether oxygens (including phenoxy) is 2. The summed E-state index contributed by atoms with van der Waals surface area (Å²) in [6, 6.07) is 23.5. The minimum atomic E-state index is -0.974. The Bertz CT molecular complexity index is 2200. The van der Waals surface area contributed by atoms with Gasteiger partial charge in [-0.25, -0.2) is 35.1 Å². The van der Waals surface area contributed by atoms with Crippen molar-refractivity contribution >= 4 is 11.4 Å².